The van der Waals surface area contributed by atoms with E-state index in [0.717, 1.165) is 6.07 Å². The SMILES string of the molecule is Nc1cc(C(=O)c2c[nH]c3cc(F)ccc23)c(Br)cc1F. The van der Waals surface area contributed by atoms with Crippen LogP contribution >= 0.6 is 15.9 Å². The number of anilines is 1. The Bertz CT molecular complexity index is 873. The van der Waals surface area contributed by atoms with Crippen LogP contribution in [0.4, 0.5) is 14.5 Å². The highest BCUT2D eigenvalue weighted by Crippen LogP contribution is 2.28. The minimum absolute atomic E-state index is 0.104. The van der Waals surface area contributed by atoms with E-state index in [1.54, 1.807) is 0 Å². The van der Waals surface area contributed by atoms with Crippen molar-refractivity contribution in [3.8, 4) is 0 Å². The van der Waals surface area contributed by atoms with Gasteiger partial charge >= 0.3 is 0 Å². The first-order valence-electron chi connectivity index (χ1n) is 6.03. The molecule has 0 amide bonds. The Morgan fingerprint density at radius 3 is 2.67 bits per heavy atom. The van der Waals surface area contributed by atoms with Crippen LogP contribution in [0.15, 0.2) is 41.0 Å². The zero-order valence-electron chi connectivity index (χ0n) is 10.6. The van der Waals surface area contributed by atoms with E-state index in [9.17, 15) is 13.6 Å². The van der Waals surface area contributed by atoms with E-state index in [1.807, 2.05) is 0 Å². The van der Waals surface area contributed by atoms with Gasteiger partial charge in [0.05, 0.1) is 5.69 Å². The summed E-state index contributed by atoms with van der Waals surface area (Å²) in [6.07, 6.45) is 1.50. The lowest BCUT2D eigenvalue weighted by Gasteiger charge is -2.05. The normalized spacial score (nSPS) is 11.0. The Kier molecular flexibility index (Phi) is 3.25. The number of rotatable bonds is 2. The predicted octanol–water partition coefficient (Wildman–Crippen LogP) is 4.02. The van der Waals surface area contributed by atoms with Gasteiger partial charge < -0.3 is 10.7 Å². The molecule has 6 heteroatoms. The van der Waals surface area contributed by atoms with Crippen LogP contribution < -0.4 is 5.73 Å². The molecule has 3 nitrogen and oxygen atoms in total. The van der Waals surface area contributed by atoms with Crippen LogP contribution in [0.5, 0.6) is 0 Å². The number of halogens is 3. The number of benzene rings is 2. The summed E-state index contributed by atoms with van der Waals surface area (Å²) in [5.74, 6) is -1.32. The first-order valence-corrected chi connectivity index (χ1v) is 6.82. The van der Waals surface area contributed by atoms with Crippen molar-refractivity contribution in [2.45, 2.75) is 0 Å². The number of nitrogens with two attached hydrogens (primary N) is 1. The molecule has 3 N–H and O–H groups in total. The summed E-state index contributed by atoms with van der Waals surface area (Å²) in [6.45, 7) is 0. The lowest BCUT2D eigenvalue weighted by atomic mass is 10.0. The molecule has 0 radical (unpaired) electrons. The maximum atomic E-state index is 13.3. The summed E-state index contributed by atoms with van der Waals surface area (Å²) < 4.78 is 26.8. The van der Waals surface area contributed by atoms with E-state index in [0.29, 0.717) is 20.9 Å². The molecule has 0 saturated carbocycles. The summed E-state index contributed by atoms with van der Waals surface area (Å²) in [4.78, 5) is 15.4. The number of nitrogens with one attached hydrogen (secondary N) is 1. The van der Waals surface area contributed by atoms with Crippen molar-refractivity contribution in [2.24, 2.45) is 0 Å². The molecule has 0 spiro atoms. The maximum absolute atomic E-state index is 13.3. The molecule has 1 aromatic heterocycles. The van der Waals surface area contributed by atoms with Gasteiger partial charge in [0.1, 0.15) is 11.6 Å². The number of carbonyl (C=O) groups excluding carboxylic acids is 1. The molecule has 0 bridgehead atoms. The number of H-pyrrole nitrogens is 1. The number of nitrogen functional groups attached to an aromatic ring is 1. The fraction of sp³-hybridized carbons (Fsp3) is 0. The largest absolute Gasteiger partial charge is 0.396 e. The van der Waals surface area contributed by atoms with Crippen LogP contribution in [0, 0.1) is 11.6 Å². The summed E-state index contributed by atoms with van der Waals surface area (Å²) in [5.41, 5.74) is 6.54. The third-order valence-corrected chi connectivity index (χ3v) is 3.88. The monoisotopic (exact) mass is 350 g/mol. The topological polar surface area (TPSA) is 58.9 Å². The van der Waals surface area contributed by atoms with Crippen molar-refractivity contribution in [1.82, 2.24) is 4.98 Å². The highest BCUT2D eigenvalue weighted by molar-refractivity contribution is 9.10. The predicted molar refractivity (Wildman–Crippen MR) is 80.2 cm³/mol. The van der Waals surface area contributed by atoms with Gasteiger partial charge in [0.15, 0.2) is 5.78 Å². The van der Waals surface area contributed by atoms with E-state index >= 15 is 0 Å². The van der Waals surface area contributed by atoms with Gasteiger partial charge in [-0.2, -0.15) is 0 Å². The van der Waals surface area contributed by atoms with Gasteiger partial charge in [0.25, 0.3) is 0 Å². The fourth-order valence-electron chi connectivity index (χ4n) is 2.17. The van der Waals surface area contributed by atoms with Crippen LogP contribution in [0.2, 0.25) is 0 Å². The number of aromatic nitrogens is 1. The summed E-state index contributed by atoms with van der Waals surface area (Å²) in [5, 5.41) is 0.594. The minimum atomic E-state index is -0.598. The van der Waals surface area contributed by atoms with E-state index in [4.69, 9.17) is 5.73 Å². The molecule has 0 aliphatic carbocycles. The smallest absolute Gasteiger partial charge is 0.196 e. The second-order valence-corrected chi connectivity index (χ2v) is 5.43. The molecule has 21 heavy (non-hydrogen) atoms. The van der Waals surface area contributed by atoms with Crippen molar-refractivity contribution in [3.63, 3.8) is 0 Å². The lowest BCUT2D eigenvalue weighted by Crippen LogP contribution is -2.04. The number of aromatic amines is 1. The molecular weight excluding hydrogens is 342 g/mol. The molecule has 106 valence electrons. The number of fused-ring (bicyclic) bond motifs is 1. The van der Waals surface area contributed by atoms with Crippen molar-refractivity contribution in [3.05, 3.63) is 63.8 Å². The standard InChI is InChI=1S/C15H9BrF2N2O/c16-11-5-12(18)13(19)4-9(11)15(21)10-6-20-14-3-7(17)1-2-8(10)14/h1-6,20H,19H2. The Balaban J connectivity index is 2.15. The van der Waals surface area contributed by atoms with Crippen molar-refractivity contribution in [2.75, 3.05) is 5.73 Å². The van der Waals surface area contributed by atoms with Gasteiger partial charge in [-0.15, -0.1) is 0 Å². The Labute approximate surface area is 126 Å². The van der Waals surface area contributed by atoms with Gasteiger partial charge in [-0.25, -0.2) is 8.78 Å². The van der Waals surface area contributed by atoms with Crippen molar-refractivity contribution < 1.29 is 13.6 Å². The van der Waals surface area contributed by atoms with Crippen LogP contribution in [0.3, 0.4) is 0 Å². The molecule has 0 aliphatic rings. The molecule has 0 atom stereocenters. The van der Waals surface area contributed by atoms with E-state index in [-0.39, 0.29) is 17.0 Å². The first-order chi connectivity index (χ1) is 9.97. The van der Waals surface area contributed by atoms with Gasteiger partial charge in [0, 0.05) is 32.7 Å². The van der Waals surface area contributed by atoms with Crippen LogP contribution in [0.25, 0.3) is 10.9 Å². The van der Waals surface area contributed by atoms with Gasteiger partial charge in [0.2, 0.25) is 0 Å². The van der Waals surface area contributed by atoms with Crippen molar-refractivity contribution >= 4 is 38.3 Å². The van der Waals surface area contributed by atoms with E-state index in [1.165, 1.54) is 30.5 Å². The number of ketones is 1. The quantitative estimate of drug-likeness (QED) is 0.541. The number of hydrogen-bond donors (Lipinski definition) is 2. The highest BCUT2D eigenvalue weighted by atomic mass is 79.9. The summed E-state index contributed by atoms with van der Waals surface area (Å²) in [6, 6.07) is 6.54. The molecule has 3 aromatic rings. The number of carbonyl (C=O) groups is 1. The zero-order valence-corrected chi connectivity index (χ0v) is 12.2. The molecule has 0 aliphatic heterocycles. The second-order valence-electron chi connectivity index (χ2n) is 4.57. The number of hydrogen-bond acceptors (Lipinski definition) is 2. The Morgan fingerprint density at radius 2 is 1.90 bits per heavy atom. The Hall–Kier alpha value is -2.21. The maximum Gasteiger partial charge on any atom is 0.196 e. The van der Waals surface area contributed by atoms with Crippen molar-refractivity contribution in [1.29, 1.82) is 0 Å². The van der Waals surface area contributed by atoms with Gasteiger partial charge in [-0.05, 0) is 46.3 Å². The minimum Gasteiger partial charge on any atom is -0.396 e. The molecule has 0 unspecified atom stereocenters. The average molecular weight is 351 g/mol. The molecular formula is C15H9BrF2N2O. The van der Waals surface area contributed by atoms with Crippen LogP contribution in [-0.2, 0) is 0 Å². The summed E-state index contributed by atoms with van der Waals surface area (Å²) >= 11 is 3.16. The molecule has 2 aromatic carbocycles. The fourth-order valence-corrected chi connectivity index (χ4v) is 2.67. The molecule has 0 saturated heterocycles. The molecule has 1 heterocycles. The third-order valence-electron chi connectivity index (χ3n) is 3.22. The van der Waals surface area contributed by atoms with Crippen LogP contribution in [0.1, 0.15) is 15.9 Å². The van der Waals surface area contributed by atoms with Crippen LogP contribution in [-0.4, -0.2) is 10.8 Å². The molecule has 0 fully saturated rings. The lowest BCUT2D eigenvalue weighted by molar-refractivity contribution is 0.103. The Morgan fingerprint density at radius 1 is 1.14 bits per heavy atom. The first kappa shape index (κ1) is 13.8. The summed E-state index contributed by atoms with van der Waals surface area (Å²) in [7, 11) is 0. The molecule has 3 rings (SSSR count). The van der Waals surface area contributed by atoms with E-state index < -0.39 is 11.6 Å². The zero-order chi connectivity index (χ0) is 15.1. The van der Waals surface area contributed by atoms with Gasteiger partial charge in [-0.1, -0.05) is 0 Å². The highest BCUT2D eigenvalue weighted by Gasteiger charge is 2.18. The third kappa shape index (κ3) is 2.31. The van der Waals surface area contributed by atoms with Gasteiger partial charge in [-0.3, -0.25) is 4.79 Å². The second kappa shape index (κ2) is 4.96. The average Bonchev–Trinajstić information content (AvgIpc) is 2.85. The van der Waals surface area contributed by atoms with E-state index in [2.05, 4.69) is 20.9 Å².